The van der Waals surface area contributed by atoms with Crippen molar-refractivity contribution < 1.29 is 33.5 Å². The maximum Gasteiger partial charge on any atom is 0.472 e. The molecular formula is C15H25N2O9P. The van der Waals surface area contributed by atoms with E-state index >= 15 is 0 Å². The Kier molecular flexibility index (Phi) is 7.92. The summed E-state index contributed by atoms with van der Waals surface area (Å²) in [5, 5.41) is 20.1. The molecule has 12 heteroatoms. The molecule has 0 aliphatic carbocycles. The summed E-state index contributed by atoms with van der Waals surface area (Å²) in [7, 11) is -4.34. The molecule has 0 saturated carbocycles. The average Bonchev–Trinajstić information content (AvgIpc) is 2.88. The number of aromatic nitrogens is 2. The van der Waals surface area contributed by atoms with E-state index in [2.05, 4.69) is 0 Å². The van der Waals surface area contributed by atoms with Gasteiger partial charge < -0.3 is 19.8 Å². The minimum atomic E-state index is -4.34. The first-order valence-electron chi connectivity index (χ1n) is 8.70. The highest BCUT2D eigenvalue weighted by Crippen LogP contribution is 2.44. The van der Waals surface area contributed by atoms with E-state index in [-0.39, 0.29) is 6.61 Å². The van der Waals surface area contributed by atoms with E-state index in [0.717, 1.165) is 36.1 Å². The Balaban J connectivity index is 1.91. The second-order valence-corrected chi connectivity index (χ2v) is 7.68. The Morgan fingerprint density at radius 2 is 1.96 bits per heavy atom. The van der Waals surface area contributed by atoms with E-state index < -0.39 is 50.2 Å². The standard InChI is InChI=1S/C15H25N2O9P/c1-2-3-4-5-8-24-27(22,23)25-9-10-12(19)13(20)14(26-10)17-7-6-11(18)16-15(17)21/h6-7,10,12-14,19-20H,2-5,8-9H2,1H3,(H,22,23)(H,16,18,21)/t10-,12-,13-,14-/m1/s1. The van der Waals surface area contributed by atoms with Crippen molar-refractivity contribution in [3.8, 4) is 0 Å². The van der Waals surface area contributed by atoms with Crippen LogP contribution in [-0.4, -0.2) is 56.2 Å². The van der Waals surface area contributed by atoms with Gasteiger partial charge in [-0.3, -0.25) is 23.4 Å². The number of nitrogens with one attached hydrogen (secondary N) is 1. The summed E-state index contributed by atoms with van der Waals surface area (Å²) in [5.74, 6) is 0. The number of aliphatic hydroxyl groups excluding tert-OH is 2. The highest BCUT2D eigenvalue weighted by Gasteiger charge is 2.45. The van der Waals surface area contributed by atoms with Gasteiger partial charge in [0.15, 0.2) is 6.23 Å². The summed E-state index contributed by atoms with van der Waals surface area (Å²) in [4.78, 5) is 34.6. The van der Waals surface area contributed by atoms with Gasteiger partial charge in [-0.05, 0) is 6.42 Å². The molecule has 4 N–H and O–H groups in total. The first-order chi connectivity index (χ1) is 12.7. The van der Waals surface area contributed by atoms with Crippen molar-refractivity contribution in [1.82, 2.24) is 9.55 Å². The Morgan fingerprint density at radius 3 is 2.63 bits per heavy atom. The third-order valence-electron chi connectivity index (χ3n) is 4.12. The van der Waals surface area contributed by atoms with E-state index in [4.69, 9.17) is 13.8 Å². The minimum Gasteiger partial charge on any atom is -0.387 e. The molecule has 5 atom stereocenters. The Labute approximate surface area is 155 Å². The normalized spacial score (nSPS) is 27.6. The summed E-state index contributed by atoms with van der Waals surface area (Å²) in [6, 6.07) is 1.06. The molecule has 1 saturated heterocycles. The van der Waals surface area contributed by atoms with Gasteiger partial charge in [0.1, 0.15) is 18.3 Å². The van der Waals surface area contributed by atoms with E-state index in [1.807, 2.05) is 11.9 Å². The van der Waals surface area contributed by atoms with Crippen LogP contribution >= 0.6 is 7.82 Å². The predicted molar refractivity (Wildman–Crippen MR) is 93.1 cm³/mol. The first-order valence-corrected chi connectivity index (χ1v) is 10.2. The van der Waals surface area contributed by atoms with Crippen LogP contribution in [0.5, 0.6) is 0 Å². The van der Waals surface area contributed by atoms with Crippen molar-refractivity contribution in [2.75, 3.05) is 13.2 Å². The van der Waals surface area contributed by atoms with Gasteiger partial charge in [0.2, 0.25) is 0 Å². The molecule has 1 fully saturated rings. The molecule has 2 rings (SSSR count). The Hall–Kier alpha value is -1.33. The number of aromatic amines is 1. The fraction of sp³-hybridized carbons (Fsp3) is 0.733. The quantitative estimate of drug-likeness (QED) is 0.305. The van der Waals surface area contributed by atoms with Gasteiger partial charge >= 0.3 is 13.5 Å². The predicted octanol–water partition coefficient (Wildman–Crippen LogP) is -0.130. The molecule has 1 aliphatic rings. The zero-order valence-corrected chi connectivity index (χ0v) is 15.8. The van der Waals surface area contributed by atoms with Crippen LogP contribution in [0, 0.1) is 0 Å². The molecular weight excluding hydrogens is 383 g/mol. The molecule has 154 valence electrons. The van der Waals surface area contributed by atoms with E-state index in [9.17, 15) is 29.3 Å². The molecule has 1 unspecified atom stereocenters. The van der Waals surface area contributed by atoms with Gasteiger partial charge in [0, 0.05) is 12.3 Å². The van der Waals surface area contributed by atoms with Crippen LogP contribution < -0.4 is 11.2 Å². The summed E-state index contributed by atoms with van der Waals surface area (Å²) >= 11 is 0. The lowest BCUT2D eigenvalue weighted by Gasteiger charge is -2.17. The van der Waals surface area contributed by atoms with Crippen molar-refractivity contribution in [2.24, 2.45) is 0 Å². The number of rotatable bonds is 10. The molecule has 1 aliphatic heterocycles. The smallest absolute Gasteiger partial charge is 0.387 e. The van der Waals surface area contributed by atoms with Crippen LogP contribution in [0.1, 0.15) is 38.8 Å². The summed E-state index contributed by atoms with van der Waals surface area (Å²) < 4.78 is 27.8. The molecule has 0 aromatic carbocycles. The number of hydrogen-bond acceptors (Lipinski definition) is 8. The van der Waals surface area contributed by atoms with E-state index in [1.54, 1.807) is 0 Å². The molecule has 2 heterocycles. The lowest BCUT2D eigenvalue weighted by atomic mass is 10.1. The molecule has 1 aromatic rings. The molecule has 11 nitrogen and oxygen atoms in total. The van der Waals surface area contributed by atoms with Gasteiger partial charge in [-0.2, -0.15) is 0 Å². The molecule has 0 radical (unpaired) electrons. The molecule has 0 bridgehead atoms. The van der Waals surface area contributed by atoms with Gasteiger partial charge in [0.25, 0.3) is 5.56 Å². The number of phosphoric ester groups is 1. The summed E-state index contributed by atoms with van der Waals surface area (Å²) in [6.07, 6.45) is -0.838. The highest BCUT2D eigenvalue weighted by molar-refractivity contribution is 7.47. The fourth-order valence-corrected chi connectivity index (χ4v) is 3.41. The SMILES string of the molecule is CCCCCCOP(=O)(O)OC[C@H]1O[C@@H](n2ccc(=O)[nH]c2=O)[C@H](O)[C@@H]1O. The topological polar surface area (TPSA) is 160 Å². The first kappa shape index (κ1) is 22.0. The largest absolute Gasteiger partial charge is 0.472 e. The zero-order valence-electron chi connectivity index (χ0n) is 14.9. The lowest BCUT2D eigenvalue weighted by molar-refractivity contribution is -0.0552. The van der Waals surface area contributed by atoms with Crippen molar-refractivity contribution in [3.05, 3.63) is 33.1 Å². The molecule has 27 heavy (non-hydrogen) atoms. The summed E-state index contributed by atoms with van der Waals surface area (Å²) in [6.45, 7) is 1.56. The van der Waals surface area contributed by atoms with Crippen LogP contribution in [0.3, 0.4) is 0 Å². The minimum absolute atomic E-state index is 0.0554. The van der Waals surface area contributed by atoms with E-state index in [1.165, 1.54) is 0 Å². The Morgan fingerprint density at radius 1 is 1.22 bits per heavy atom. The van der Waals surface area contributed by atoms with Crippen LogP contribution in [0.25, 0.3) is 0 Å². The van der Waals surface area contributed by atoms with Crippen LogP contribution in [0.4, 0.5) is 0 Å². The summed E-state index contributed by atoms with van der Waals surface area (Å²) in [5.41, 5.74) is -1.45. The van der Waals surface area contributed by atoms with Gasteiger partial charge in [-0.1, -0.05) is 26.2 Å². The maximum atomic E-state index is 11.9. The number of H-pyrrole nitrogens is 1. The van der Waals surface area contributed by atoms with E-state index in [0.29, 0.717) is 6.42 Å². The third-order valence-corrected chi connectivity index (χ3v) is 5.10. The third kappa shape index (κ3) is 6.08. The lowest BCUT2D eigenvalue weighted by Crippen LogP contribution is -2.37. The van der Waals surface area contributed by atoms with Crippen molar-refractivity contribution in [3.63, 3.8) is 0 Å². The average molecular weight is 408 g/mol. The van der Waals surface area contributed by atoms with Gasteiger partial charge in [-0.15, -0.1) is 0 Å². The van der Waals surface area contributed by atoms with Crippen molar-refractivity contribution in [1.29, 1.82) is 0 Å². The number of ether oxygens (including phenoxy) is 1. The Bertz CT molecular complexity index is 764. The zero-order chi connectivity index (χ0) is 20.0. The van der Waals surface area contributed by atoms with Gasteiger partial charge in [0.05, 0.1) is 13.2 Å². The van der Waals surface area contributed by atoms with Crippen LogP contribution in [-0.2, 0) is 18.3 Å². The van der Waals surface area contributed by atoms with Crippen LogP contribution in [0.15, 0.2) is 21.9 Å². The number of hydrogen-bond donors (Lipinski definition) is 4. The number of unbranched alkanes of at least 4 members (excludes halogenated alkanes) is 3. The molecule has 1 aromatic heterocycles. The number of phosphoric acid groups is 1. The van der Waals surface area contributed by atoms with Crippen molar-refractivity contribution in [2.45, 2.75) is 57.1 Å². The number of aliphatic hydroxyl groups is 2. The highest BCUT2D eigenvalue weighted by atomic mass is 31.2. The van der Waals surface area contributed by atoms with Gasteiger partial charge in [-0.25, -0.2) is 9.36 Å². The second-order valence-electron chi connectivity index (χ2n) is 6.22. The van der Waals surface area contributed by atoms with Crippen LogP contribution in [0.2, 0.25) is 0 Å². The van der Waals surface area contributed by atoms with Crippen molar-refractivity contribution >= 4 is 7.82 Å². The fourth-order valence-electron chi connectivity index (χ4n) is 2.64. The molecule has 0 amide bonds. The monoisotopic (exact) mass is 408 g/mol. The number of nitrogens with zero attached hydrogens (tertiary/aromatic N) is 1. The molecule has 0 spiro atoms. The second kappa shape index (κ2) is 9.74. The maximum absolute atomic E-state index is 11.9.